The maximum absolute atomic E-state index is 13.3. The minimum absolute atomic E-state index is 0.126. The average molecular weight is 290 g/mol. The fourth-order valence-electron chi connectivity index (χ4n) is 2.58. The van der Waals surface area contributed by atoms with Crippen LogP contribution in [0.25, 0.3) is 0 Å². The smallest absolute Gasteiger partial charge is 0.159 e. The molecule has 0 amide bonds. The van der Waals surface area contributed by atoms with Crippen LogP contribution >= 0.6 is 0 Å². The Balaban J connectivity index is 1.99. The van der Waals surface area contributed by atoms with Crippen LogP contribution in [0.1, 0.15) is 36.6 Å². The predicted molar refractivity (Wildman–Crippen MR) is 75.4 cm³/mol. The van der Waals surface area contributed by atoms with Crippen molar-refractivity contribution in [2.75, 3.05) is 6.61 Å². The van der Waals surface area contributed by atoms with Crippen LogP contribution in [-0.2, 0) is 5.41 Å². The molecule has 0 saturated carbocycles. The van der Waals surface area contributed by atoms with Gasteiger partial charge in [-0.05, 0) is 35.4 Å². The van der Waals surface area contributed by atoms with E-state index in [2.05, 4.69) is 13.8 Å². The molecule has 1 atom stereocenters. The summed E-state index contributed by atoms with van der Waals surface area (Å²) in [4.78, 5) is 0. The average Bonchev–Trinajstić information content (AvgIpc) is 2.76. The van der Waals surface area contributed by atoms with E-state index in [1.54, 1.807) is 6.07 Å². The highest BCUT2D eigenvalue weighted by Crippen LogP contribution is 2.40. The molecule has 2 nitrogen and oxygen atoms in total. The number of aliphatic hydroxyl groups excluding tert-OH is 1. The Morgan fingerprint density at radius 1 is 1.05 bits per heavy atom. The molecule has 2 aromatic rings. The molecule has 0 bridgehead atoms. The summed E-state index contributed by atoms with van der Waals surface area (Å²) < 4.78 is 31.9. The van der Waals surface area contributed by atoms with Crippen molar-refractivity contribution >= 4 is 0 Å². The predicted octanol–water partition coefficient (Wildman–Crippen LogP) is 3.72. The van der Waals surface area contributed by atoms with Gasteiger partial charge in [0.25, 0.3) is 0 Å². The van der Waals surface area contributed by atoms with Gasteiger partial charge in [0.05, 0.1) is 6.61 Å². The van der Waals surface area contributed by atoms with Crippen molar-refractivity contribution in [3.05, 3.63) is 64.7 Å². The van der Waals surface area contributed by atoms with E-state index >= 15 is 0 Å². The second-order valence-corrected chi connectivity index (χ2v) is 6.00. The maximum atomic E-state index is 13.3. The molecule has 1 aliphatic heterocycles. The van der Waals surface area contributed by atoms with Crippen LogP contribution in [0.2, 0.25) is 0 Å². The van der Waals surface area contributed by atoms with Gasteiger partial charge in [-0.2, -0.15) is 0 Å². The van der Waals surface area contributed by atoms with Crippen LogP contribution < -0.4 is 4.74 Å². The molecule has 110 valence electrons. The normalized spacial score (nSPS) is 17.2. The van der Waals surface area contributed by atoms with Gasteiger partial charge < -0.3 is 9.84 Å². The molecule has 4 heteroatoms. The molecule has 2 aromatic carbocycles. The van der Waals surface area contributed by atoms with E-state index in [4.69, 9.17) is 4.74 Å². The molecule has 0 aliphatic carbocycles. The highest BCUT2D eigenvalue weighted by Gasteiger charge is 2.32. The molecule has 21 heavy (non-hydrogen) atoms. The van der Waals surface area contributed by atoms with E-state index in [1.807, 2.05) is 12.1 Å². The van der Waals surface area contributed by atoms with Crippen LogP contribution in [0.3, 0.4) is 0 Å². The van der Waals surface area contributed by atoms with E-state index in [1.165, 1.54) is 6.07 Å². The molecule has 1 heterocycles. The van der Waals surface area contributed by atoms with Crippen LogP contribution in [0.4, 0.5) is 8.78 Å². The first kappa shape index (κ1) is 14.0. The highest BCUT2D eigenvalue weighted by atomic mass is 19.2. The molecule has 1 unspecified atom stereocenters. The summed E-state index contributed by atoms with van der Waals surface area (Å²) in [6.45, 7) is 4.71. The van der Waals surface area contributed by atoms with Crippen molar-refractivity contribution in [3.63, 3.8) is 0 Å². The van der Waals surface area contributed by atoms with Crippen molar-refractivity contribution < 1.29 is 18.6 Å². The van der Waals surface area contributed by atoms with Gasteiger partial charge >= 0.3 is 0 Å². The monoisotopic (exact) mass is 290 g/mol. The number of rotatable bonds is 2. The largest absolute Gasteiger partial charge is 0.492 e. The molecule has 3 rings (SSSR count). The summed E-state index contributed by atoms with van der Waals surface area (Å²) in [6, 6.07) is 8.85. The number of ether oxygens (including phenoxy) is 1. The lowest BCUT2D eigenvalue weighted by atomic mass is 9.85. The van der Waals surface area contributed by atoms with E-state index in [0.717, 1.165) is 23.4 Å². The summed E-state index contributed by atoms with van der Waals surface area (Å²) in [5, 5.41) is 10.4. The third kappa shape index (κ3) is 2.40. The Morgan fingerprint density at radius 2 is 1.71 bits per heavy atom. The number of hydrogen-bond acceptors (Lipinski definition) is 2. The molecule has 0 fully saturated rings. The lowest BCUT2D eigenvalue weighted by Gasteiger charge is -2.18. The molecule has 0 saturated heterocycles. The number of benzene rings is 2. The van der Waals surface area contributed by atoms with Gasteiger partial charge in [0.2, 0.25) is 0 Å². The van der Waals surface area contributed by atoms with Crippen LogP contribution in [0.15, 0.2) is 36.4 Å². The Hall–Kier alpha value is -1.94. The Labute approximate surface area is 122 Å². The summed E-state index contributed by atoms with van der Waals surface area (Å²) in [7, 11) is 0. The van der Waals surface area contributed by atoms with Gasteiger partial charge in [-0.25, -0.2) is 8.78 Å². The Kier molecular flexibility index (Phi) is 3.21. The van der Waals surface area contributed by atoms with Gasteiger partial charge in [0, 0.05) is 11.0 Å². The van der Waals surface area contributed by atoms with E-state index < -0.39 is 17.7 Å². The fraction of sp³-hybridized carbons (Fsp3) is 0.294. The summed E-state index contributed by atoms with van der Waals surface area (Å²) in [5.74, 6) is -1.08. The lowest BCUT2D eigenvalue weighted by Crippen LogP contribution is -2.18. The van der Waals surface area contributed by atoms with Gasteiger partial charge in [0.15, 0.2) is 11.6 Å². The van der Waals surface area contributed by atoms with Gasteiger partial charge in [0.1, 0.15) is 11.9 Å². The maximum Gasteiger partial charge on any atom is 0.159 e. The number of aliphatic hydroxyl groups is 1. The summed E-state index contributed by atoms with van der Waals surface area (Å²) in [6.07, 6.45) is -0.998. The van der Waals surface area contributed by atoms with Crippen molar-refractivity contribution in [2.45, 2.75) is 25.4 Å². The minimum Gasteiger partial charge on any atom is -0.492 e. The van der Waals surface area contributed by atoms with E-state index in [0.29, 0.717) is 17.7 Å². The lowest BCUT2D eigenvalue weighted by molar-refractivity contribution is 0.219. The molecule has 0 radical (unpaired) electrons. The van der Waals surface area contributed by atoms with Crippen molar-refractivity contribution in [1.29, 1.82) is 0 Å². The first-order valence-corrected chi connectivity index (χ1v) is 6.79. The zero-order chi connectivity index (χ0) is 15.2. The minimum atomic E-state index is -0.998. The van der Waals surface area contributed by atoms with Crippen LogP contribution in [0.5, 0.6) is 5.75 Å². The summed E-state index contributed by atoms with van der Waals surface area (Å²) >= 11 is 0. The van der Waals surface area contributed by atoms with Crippen molar-refractivity contribution in [1.82, 2.24) is 0 Å². The van der Waals surface area contributed by atoms with E-state index in [-0.39, 0.29) is 5.41 Å². The Bertz CT molecular complexity index is 695. The molecule has 1 aliphatic rings. The van der Waals surface area contributed by atoms with Crippen LogP contribution in [-0.4, -0.2) is 11.7 Å². The first-order chi connectivity index (χ1) is 9.88. The second-order valence-electron chi connectivity index (χ2n) is 6.00. The van der Waals surface area contributed by atoms with Crippen molar-refractivity contribution in [2.24, 2.45) is 0 Å². The summed E-state index contributed by atoms with van der Waals surface area (Å²) in [5.41, 5.74) is 1.85. The first-order valence-electron chi connectivity index (χ1n) is 6.79. The molecule has 1 N–H and O–H groups in total. The topological polar surface area (TPSA) is 29.5 Å². The molecule has 0 aromatic heterocycles. The molecular formula is C17H16F2O2. The highest BCUT2D eigenvalue weighted by molar-refractivity contribution is 5.47. The van der Waals surface area contributed by atoms with Gasteiger partial charge in [-0.15, -0.1) is 0 Å². The quantitative estimate of drug-likeness (QED) is 0.913. The molecule has 0 spiro atoms. The van der Waals surface area contributed by atoms with Gasteiger partial charge in [-0.1, -0.05) is 26.0 Å². The zero-order valence-electron chi connectivity index (χ0n) is 11.9. The SMILES string of the molecule is CC1(C)COc2ccc(C(O)c3ccc(F)c(F)c3)cc21. The third-order valence-electron chi connectivity index (χ3n) is 3.90. The second kappa shape index (κ2) is 4.81. The standard InChI is InChI=1S/C17H16F2O2/c1-17(2)9-21-15-6-4-10(7-12(15)17)16(20)11-3-5-13(18)14(19)8-11/h3-8,16,20H,9H2,1-2H3. The number of halogens is 2. The van der Waals surface area contributed by atoms with Crippen LogP contribution in [0, 0.1) is 11.6 Å². The van der Waals surface area contributed by atoms with E-state index in [9.17, 15) is 13.9 Å². The van der Waals surface area contributed by atoms with Gasteiger partial charge in [-0.3, -0.25) is 0 Å². The van der Waals surface area contributed by atoms with Crippen molar-refractivity contribution in [3.8, 4) is 5.75 Å². The fourth-order valence-corrected chi connectivity index (χ4v) is 2.58. The Morgan fingerprint density at radius 3 is 2.43 bits per heavy atom. The molecular weight excluding hydrogens is 274 g/mol. The third-order valence-corrected chi connectivity index (χ3v) is 3.90. The zero-order valence-corrected chi connectivity index (χ0v) is 11.9. The number of fused-ring (bicyclic) bond motifs is 1. The number of hydrogen-bond donors (Lipinski definition) is 1.